The third-order valence-electron chi connectivity index (χ3n) is 6.17. The molecule has 0 saturated carbocycles. The number of nitrogens with zero attached hydrogens (tertiary/aromatic N) is 6. The summed E-state index contributed by atoms with van der Waals surface area (Å²) in [6.07, 6.45) is 0.807. The summed E-state index contributed by atoms with van der Waals surface area (Å²) in [7, 11) is -3.60. The van der Waals surface area contributed by atoms with Gasteiger partial charge in [-0.25, -0.2) is 17.5 Å². The quantitative estimate of drug-likeness (QED) is 0.482. The van der Waals surface area contributed by atoms with E-state index >= 15 is 0 Å². The molecule has 2 aromatic carbocycles. The van der Waals surface area contributed by atoms with E-state index in [4.69, 9.17) is 0 Å². The van der Waals surface area contributed by atoms with E-state index in [-0.39, 0.29) is 22.6 Å². The zero-order valence-electron chi connectivity index (χ0n) is 19.8. The Kier molecular flexibility index (Phi) is 7.27. The SMILES string of the molecule is Cc1ccc(S(=O)(=O)Cn2nnnc2[C@H](CC(C)C)N2CCN(c3ccc(F)cc3)CC2)cc1. The molecule has 8 nitrogen and oxygen atoms in total. The van der Waals surface area contributed by atoms with E-state index in [0.29, 0.717) is 11.7 Å². The van der Waals surface area contributed by atoms with Crippen molar-refractivity contribution in [3.8, 4) is 0 Å². The molecule has 0 aliphatic carbocycles. The first-order valence-electron chi connectivity index (χ1n) is 11.5. The van der Waals surface area contributed by atoms with Crippen LogP contribution in [0.1, 0.15) is 37.7 Å². The van der Waals surface area contributed by atoms with Gasteiger partial charge in [-0.1, -0.05) is 31.5 Å². The van der Waals surface area contributed by atoms with Gasteiger partial charge in [-0.15, -0.1) is 5.10 Å². The summed E-state index contributed by atoms with van der Waals surface area (Å²) in [6, 6.07) is 13.3. The lowest BCUT2D eigenvalue weighted by Crippen LogP contribution is -2.48. The van der Waals surface area contributed by atoms with E-state index in [0.717, 1.165) is 43.9 Å². The second kappa shape index (κ2) is 10.2. The van der Waals surface area contributed by atoms with Crippen LogP contribution in [0.15, 0.2) is 53.4 Å². The van der Waals surface area contributed by atoms with Crippen molar-refractivity contribution in [1.82, 2.24) is 25.1 Å². The molecule has 10 heteroatoms. The fourth-order valence-corrected chi connectivity index (χ4v) is 5.54. The van der Waals surface area contributed by atoms with Gasteiger partial charge in [-0.2, -0.15) is 0 Å². The highest BCUT2D eigenvalue weighted by molar-refractivity contribution is 7.90. The molecule has 1 aromatic heterocycles. The van der Waals surface area contributed by atoms with Crippen molar-refractivity contribution in [2.24, 2.45) is 5.92 Å². The smallest absolute Gasteiger partial charge is 0.198 e. The Morgan fingerprint density at radius 2 is 1.62 bits per heavy atom. The molecule has 0 radical (unpaired) electrons. The lowest BCUT2D eigenvalue weighted by atomic mass is 10.0. The monoisotopic (exact) mass is 486 g/mol. The average Bonchev–Trinajstić information content (AvgIpc) is 3.25. The van der Waals surface area contributed by atoms with Crippen LogP contribution < -0.4 is 4.90 Å². The second-order valence-corrected chi connectivity index (χ2v) is 11.2. The van der Waals surface area contributed by atoms with Crippen molar-refractivity contribution in [2.75, 3.05) is 31.1 Å². The maximum Gasteiger partial charge on any atom is 0.198 e. The first-order valence-corrected chi connectivity index (χ1v) is 13.2. The summed E-state index contributed by atoms with van der Waals surface area (Å²) in [5, 5.41) is 12.1. The highest BCUT2D eigenvalue weighted by Crippen LogP contribution is 2.29. The standard InChI is InChI=1S/C24H31FN6O2S/c1-18(2)16-23(30-14-12-29(13-15-30)21-8-6-20(25)7-9-21)24-26-27-28-31(24)17-34(32,33)22-10-4-19(3)5-11-22/h4-11,18,23H,12-17H2,1-3H3/t23-/m0/s1. The normalized spacial score (nSPS) is 16.2. The molecule has 1 saturated heterocycles. The molecule has 3 aromatic rings. The topological polar surface area (TPSA) is 84.2 Å². The van der Waals surface area contributed by atoms with Gasteiger partial charge in [0, 0.05) is 31.9 Å². The highest BCUT2D eigenvalue weighted by atomic mass is 32.2. The fraction of sp³-hybridized carbons (Fsp3) is 0.458. The number of rotatable bonds is 8. The molecular weight excluding hydrogens is 455 g/mol. The van der Waals surface area contributed by atoms with Gasteiger partial charge in [-0.05, 0) is 66.1 Å². The van der Waals surface area contributed by atoms with Gasteiger partial charge in [0.1, 0.15) is 5.82 Å². The lowest BCUT2D eigenvalue weighted by molar-refractivity contribution is 0.153. The Hall–Kier alpha value is -2.85. The van der Waals surface area contributed by atoms with Crippen LogP contribution in [0.25, 0.3) is 0 Å². The number of aryl methyl sites for hydroxylation is 1. The van der Waals surface area contributed by atoms with Gasteiger partial charge >= 0.3 is 0 Å². The van der Waals surface area contributed by atoms with Gasteiger partial charge in [0.25, 0.3) is 0 Å². The Morgan fingerprint density at radius 3 is 2.24 bits per heavy atom. The molecule has 0 N–H and O–H groups in total. The third-order valence-corrected chi connectivity index (χ3v) is 7.75. The molecule has 0 bridgehead atoms. The minimum atomic E-state index is -3.60. The van der Waals surface area contributed by atoms with Crippen LogP contribution in [0.3, 0.4) is 0 Å². The predicted octanol–water partition coefficient (Wildman–Crippen LogP) is 3.46. The Bertz CT molecular complexity index is 1190. The third kappa shape index (κ3) is 5.61. The van der Waals surface area contributed by atoms with E-state index in [9.17, 15) is 12.8 Å². The van der Waals surface area contributed by atoms with Crippen molar-refractivity contribution in [3.63, 3.8) is 0 Å². The molecule has 2 heterocycles. The zero-order valence-corrected chi connectivity index (χ0v) is 20.6. The summed E-state index contributed by atoms with van der Waals surface area (Å²) >= 11 is 0. The average molecular weight is 487 g/mol. The number of hydrogen-bond donors (Lipinski definition) is 0. The van der Waals surface area contributed by atoms with Gasteiger partial charge in [0.05, 0.1) is 10.9 Å². The maximum atomic E-state index is 13.3. The number of aromatic nitrogens is 4. The molecule has 1 atom stereocenters. The van der Waals surface area contributed by atoms with Crippen LogP contribution in [0, 0.1) is 18.7 Å². The van der Waals surface area contributed by atoms with E-state index in [1.165, 1.54) is 16.8 Å². The van der Waals surface area contributed by atoms with E-state index in [2.05, 4.69) is 39.2 Å². The van der Waals surface area contributed by atoms with E-state index < -0.39 is 9.84 Å². The highest BCUT2D eigenvalue weighted by Gasteiger charge is 2.31. The van der Waals surface area contributed by atoms with Crippen molar-refractivity contribution in [3.05, 3.63) is 65.7 Å². The molecule has 4 rings (SSSR count). The number of anilines is 1. The number of halogens is 1. The Labute approximate surface area is 200 Å². The molecule has 34 heavy (non-hydrogen) atoms. The largest absolute Gasteiger partial charge is 0.369 e. The van der Waals surface area contributed by atoms with Gasteiger partial charge < -0.3 is 4.90 Å². The van der Waals surface area contributed by atoms with Crippen LogP contribution in [-0.4, -0.2) is 59.7 Å². The van der Waals surface area contributed by atoms with Crippen molar-refractivity contribution < 1.29 is 12.8 Å². The van der Waals surface area contributed by atoms with Crippen LogP contribution in [0.4, 0.5) is 10.1 Å². The molecular formula is C24H31FN6O2S. The summed E-state index contributed by atoms with van der Waals surface area (Å²) in [5.74, 6) is 0.396. The minimum Gasteiger partial charge on any atom is -0.369 e. The van der Waals surface area contributed by atoms with Gasteiger partial charge in [0.15, 0.2) is 21.5 Å². The van der Waals surface area contributed by atoms with E-state index in [1.54, 1.807) is 36.4 Å². The summed E-state index contributed by atoms with van der Waals surface area (Å²) < 4.78 is 40.8. The summed E-state index contributed by atoms with van der Waals surface area (Å²) in [5.41, 5.74) is 1.99. The van der Waals surface area contributed by atoms with Crippen LogP contribution in [-0.2, 0) is 15.7 Å². The zero-order chi connectivity index (χ0) is 24.3. The van der Waals surface area contributed by atoms with Crippen LogP contribution >= 0.6 is 0 Å². The van der Waals surface area contributed by atoms with Gasteiger partial charge in [-0.3, -0.25) is 4.90 Å². The molecule has 0 unspecified atom stereocenters. The number of tetrazole rings is 1. The minimum absolute atomic E-state index is 0.0985. The lowest BCUT2D eigenvalue weighted by Gasteiger charge is -2.40. The summed E-state index contributed by atoms with van der Waals surface area (Å²) in [4.78, 5) is 4.81. The molecule has 1 aliphatic rings. The molecule has 0 amide bonds. The van der Waals surface area contributed by atoms with Crippen molar-refractivity contribution in [2.45, 2.75) is 44.0 Å². The summed E-state index contributed by atoms with van der Waals surface area (Å²) in [6.45, 7) is 9.30. The first kappa shape index (κ1) is 24.3. The molecule has 1 aliphatic heterocycles. The molecule has 182 valence electrons. The Morgan fingerprint density at radius 1 is 0.971 bits per heavy atom. The van der Waals surface area contributed by atoms with Crippen molar-refractivity contribution in [1.29, 1.82) is 0 Å². The molecule has 1 fully saturated rings. The van der Waals surface area contributed by atoms with Crippen LogP contribution in [0.5, 0.6) is 0 Å². The second-order valence-electron chi connectivity index (χ2n) is 9.24. The fourth-order valence-electron chi connectivity index (χ4n) is 4.33. The molecule has 0 spiro atoms. The van der Waals surface area contributed by atoms with Crippen molar-refractivity contribution >= 4 is 15.5 Å². The first-order chi connectivity index (χ1) is 16.2. The number of sulfone groups is 1. The van der Waals surface area contributed by atoms with Crippen LogP contribution in [0.2, 0.25) is 0 Å². The Balaban J connectivity index is 1.52. The van der Waals surface area contributed by atoms with Gasteiger partial charge in [0.2, 0.25) is 0 Å². The van der Waals surface area contributed by atoms with E-state index in [1.807, 2.05) is 6.92 Å². The number of benzene rings is 2. The number of piperazine rings is 1. The number of hydrogen-bond acceptors (Lipinski definition) is 7. The maximum absolute atomic E-state index is 13.3. The predicted molar refractivity (Wildman–Crippen MR) is 129 cm³/mol.